The molecule has 2 aromatic rings. The van der Waals surface area contributed by atoms with E-state index in [9.17, 15) is 40.7 Å². The van der Waals surface area contributed by atoms with E-state index in [1.54, 1.807) is 6.92 Å². The predicted molar refractivity (Wildman–Crippen MR) is 109 cm³/mol. The van der Waals surface area contributed by atoms with Gasteiger partial charge in [-0.25, -0.2) is 4.79 Å². The predicted octanol–water partition coefficient (Wildman–Crippen LogP) is 3.48. The molecule has 2 amide bonds. The lowest BCUT2D eigenvalue weighted by Crippen LogP contribution is -2.64. The molecule has 7 nitrogen and oxygen atoms in total. The summed E-state index contributed by atoms with van der Waals surface area (Å²) >= 11 is 0. The number of nitrogens with one attached hydrogen (secondary N) is 2. The maximum atomic E-state index is 13.3. The minimum atomic E-state index is -5.31. The fourth-order valence-electron chi connectivity index (χ4n) is 4.01. The number of nitrogens with zero attached hydrogens (tertiary/aromatic N) is 1. The zero-order valence-electron chi connectivity index (χ0n) is 17.9. The van der Waals surface area contributed by atoms with E-state index in [-0.39, 0.29) is 35.5 Å². The van der Waals surface area contributed by atoms with Crippen LogP contribution in [0.2, 0.25) is 0 Å². The second-order valence-electron chi connectivity index (χ2n) is 8.00. The van der Waals surface area contributed by atoms with Gasteiger partial charge in [0.1, 0.15) is 0 Å². The molecule has 4 rings (SSSR count). The summed E-state index contributed by atoms with van der Waals surface area (Å²) in [7, 11) is 0. The molecule has 0 spiro atoms. The van der Waals surface area contributed by atoms with Crippen LogP contribution in [0.5, 0.6) is 0 Å². The first kappa shape index (κ1) is 24.5. The number of anilines is 1. The zero-order chi connectivity index (χ0) is 25.7. The lowest BCUT2D eigenvalue weighted by atomic mass is 9.95. The molecule has 2 N–H and O–H groups in total. The van der Waals surface area contributed by atoms with Gasteiger partial charge >= 0.3 is 18.3 Å². The Morgan fingerprint density at radius 2 is 1.74 bits per heavy atom. The van der Waals surface area contributed by atoms with Crippen molar-refractivity contribution in [1.29, 1.82) is 0 Å². The van der Waals surface area contributed by atoms with Gasteiger partial charge in [-0.3, -0.25) is 14.9 Å². The Hall–Kier alpha value is -3.61. The van der Waals surface area contributed by atoms with E-state index in [0.717, 1.165) is 17.0 Å². The largest absolute Gasteiger partial charge is 0.490 e. The summed E-state index contributed by atoms with van der Waals surface area (Å²) < 4.78 is 82.1. The number of fused-ring (bicyclic) bond motifs is 2. The molecule has 186 valence electrons. The summed E-state index contributed by atoms with van der Waals surface area (Å²) in [6, 6.07) is 5.61. The number of piperazine rings is 1. The topological polar surface area (TPSA) is 87.7 Å². The standard InChI is InChI=1S/C22H17F6N3O4/c1-10-2-4-12(21(23,24)25)9-13(10)11-3-5-15-14(8-11)19(33)31-7-6-29-18(16(31)17(32)30-15)35-20(34)22(26,27)28/h2-5,8-9,16,18,29H,6-7H2,1H3,(H,30,32)/t16-,18?/m1/s1. The molecule has 1 fully saturated rings. The van der Waals surface area contributed by atoms with Crippen molar-refractivity contribution >= 4 is 23.5 Å². The van der Waals surface area contributed by atoms with Gasteiger partial charge in [0.15, 0.2) is 12.3 Å². The molecule has 13 heteroatoms. The summed E-state index contributed by atoms with van der Waals surface area (Å²) in [5.74, 6) is -4.18. The van der Waals surface area contributed by atoms with Crippen LogP contribution in [0, 0.1) is 6.92 Å². The van der Waals surface area contributed by atoms with Gasteiger partial charge in [0.25, 0.3) is 11.8 Å². The Bertz CT molecular complexity index is 1210. The van der Waals surface area contributed by atoms with Gasteiger partial charge in [-0.05, 0) is 47.9 Å². The molecule has 2 aliphatic rings. The second kappa shape index (κ2) is 8.56. The number of hydrogen-bond donors (Lipinski definition) is 2. The number of esters is 1. The van der Waals surface area contributed by atoms with Crippen LogP contribution in [0.4, 0.5) is 32.0 Å². The lowest BCUT2D eigenvalue weighted by Gasteiger charge is -2.38. The quantitative estimate of drug-likeness (QED) is 0.486. The average Bonchev–Trinajstić information content (AvgIpc) is 2.87. The number of amides is 2. The molecule has 0 aliphatic carbocycles. The Morgan fingerprint density at radius 3 is 2.40 bits per heavy atom. The molecule has 0 aromatic heterocycles. The number of carbonyl (C=O) groups excluding carboxylic acids is 3. The summed E-state index contributed by atoms with van der Waals surface area (Å²) in [5.41, 5.74) is 0.0384. The Labute approximate surface area is 194 Å². The van der Waals surface area contributed by atoms with E-state index in [0.29, 0.717) is 5.56 Å². The normalized spacial score (nSPS) is 20.5. The summed E-state index contributed by atoms with van der Waals surface area (Å²) in [5, 5.41) is 4.92. The number of hydrogen-bond acceptors (Lipinski definition) is 5. The monoisotopic (exact) mass is 501 g/mol. The molecule has 35 heavy (non-hydrogen) atoms. The van der Waals surface area contributed by atoms with Crippen molar-refractivity contribution in [3.05, 3.63) is 53.1 Å². The number of alkyl halides is 6. The maximum Gasteiger partial charge on any atom is 0.490 e. The lowest BCUT2D eigenvalue weighted by molar-refractivity contribution is -0.210. The van der Waals surface area contributed by atoms with Crippen molar-refractivity contribution in [3.8, 4) is 11.1 Å². The van der Waals surface area contributed by atoms with Gasteiger partial charge in [-0.15, -0.1) is 0 Å². The van der Waals surface area contributed by atoms with Gasteiger partial charge in [-0.2, -0.15) is 26.3 Å². The van der Waals surface area contributed by atoms with Crippen molar-refractivity contribution in [2.45, 2.75) is 31.5 Å². The van der Waals surface area contributed by atoms with E-state index < -0.39 is 48.0 Å². The average molecular weight is 501 g/mol. The summed E-state index contributed by atoms with van der Waals surface area (Å²) in [4.78, 5) is 38.4. The Balaban J connectivity index is 1.71. The van der Waals surface area contributed by atoms with Crippen LogP contribution in [0.15, 0.2) is 36.4 Å². The highest BCUT2D eigenvalue weighted by molar-refractivity contribution is 6.11. The van der Waals surface area contributed by atoms with E-state index in [2.05, 4.69) is 15.4 Å². The number of halogens is 6. The van der Waals surface area contributed by atoms with Crippen LogP contribution in [0.1, 0.15) is 21.5 Å². The molecular formula is C22H17F6N3O4. The first-order valence-electron chi connectivity index (χ1n) is 10.2. The molecular weight excluding hydrogens is 484 g/mol. The minimum Gasteiger partial charge on any atom is -0.437 e. The number of carbonyl (C=O) groups is 3. The molecule has 2 heterocycles. The molecule has 2 atom stereocenters. The third-order valence-electron chi connectivity index (χ3n) is 5.70. The van der Waals surface area contributed by atoms with Crippen molar-refractivity contribution in [2.24, 2.45) is 0 Å². The van der Waals surface area contributed by atoms with Gasteiger partial charge in [0, 0.05) is 13.1 Å². The van der Waals surface area contributed by atoms with Crippen molar-refractivity contribution < 1.29 is 45.5 Å². The van der Waals surface area contributed by atoms with Crippen LogP contribution >= 0.6 is 0 Å². The van der Waals surface area contributed by atoms with E-state index in [4.69, 9.17) is 0 Å². The first-order valence-corrected chi connectivity index (χ1v) is 10.2. The third kappa shape index (κ3) is 4.67. The molecule has 2 aromatic carbocycles. The highest BCUT2D eigenvalue weighted by Crippen LogP contribution is 2.36. The molecule has 0 radical (unpaired) electrons. The fraction of sp³-hybridized carbons (Fsp3) is 0.318. The molecule has 2 aliphatic heterocycles. The van der Waals surface area contributed by atoms with Gasteiger partial charge in [0.2, 0.25) is 0 Å². The third-order valence-corrected chi connectivity index (χ3v) is 5.70. The number of ether oxygens (including phenoxy) is 1. The second-order valence-corrected chi connectivity index (χ2v) is 8.00. The number of aryl methyl sites for hydroxylation is 1. The van der Waals surface area contributed by atoms with Gasteiger partial charge in [-0.1, -0.05) is 12.1 Å². The Morgan fingerprint density at radius 1 is 1.03 bits per heavy atom. The van der Waals surface area contributed by atoms with Crippen LogP contribution in [0.25, 0.3) is 11.1 Å². The van der Waals surface area contributed by atoms with Crippen molar-refractivity contribution in [3.63, 3.8) is 0 Å². The molecule has 1 saturated heterocycles. The van der Waals surface area contributed by atoms with Crippen LogP contribution in [-0.4, -0.2) is 54.2 Å². The van der Waals surface area contributed by atoms with Crippen LogP contribution in [0.3, 0.4) is 0 Å². The number of rotatable bonds is 2. The summed E-state index contributed by atoms with van der Waals surface area (Å²) in [6.45, 7) is 1.42. The SMILES string of the molecule is Cc1ccc(C(F)(F)F)cc1-c1ccc2c(c1)C(=O)N1CCNC(OC(=O)C(F)(F)F)[C@H]1C(=O)N2. The van der Waals surface area contributed by atoms with Crippen molar-refractivity contribution in [1.82, 2.24) is 10.2 Å². The zero-order valence-corrected chi connectivity index (χ0v) is 17.9. The van der Waals surface area contributed by atoms with Gasteiger partial charge < -0.3 is 15.0 Å². The van der Waals surface area contributed by atoms with E-state index >= 15 is 0 Å². The smallest absolute Gasteiger partial charge is 0.437 e. The summed E-state index contributed by atoms with van der Waals surface area (Å²) in [6.07, 6.45) is -11.7. The van der Waals surface area contributed by atoms with Crippen LogP contribution in [-0.2, 0) is 20.5 Å². The first-order chi connectivity index (χ1) is 16.3. The fourth-order valence-corrected chi connectivity index (χ4v) is 4.01. The van der Waals surface area contributed by atoms with Crippen LogP contribution < -0.4 is 10.6 Å². The van der Waals surface area contributed by atoms with E-state index in [1.807, 2.05) is 0 Å². The van der Waals surface area contributed by atoms with Gasteiger partial charge in [0.05, 0.1) is 16.8 Å². The highest BCUT2D eigenvalue weighted by atomic mass is 19.4. The minimum absolute atomic E-state index is 0.0173. The Kier molecular flexibility index (Phi) is 5.99. The molecule has 0 bridgehead atoms. The molecule has 1 unspecified atom stereocenters. The molecule has 0 saturated carbocycles. The van der Waals surface area contributed by atoms with Crippen molar-refractivity contribution in [2.75, 3.05) is 18.4 Å². The maximum absolute atomic E-state index is 13.3. The van der Waals surface area contributed by atoms with E-state index in [1.165, 1.54) is 24.3 Å². The highest BCUT2D eigenvalue weighted by Gasteiger charge is 2.48. The number of benzene rings is 2.